The second-order valence-electron chi connectivity index (χ2n) is 4.43. The van der Waals surface area contributed by atoms with Crippen molar-refractivity contribution in [3.05, 3.63) is 64.5 Å². The molecule has 5 nitrogen and oxygen atoms in total. The summed E-state index contributed by atoms with van der Waals surface area (Å²) in [5.41, 5.74) is 7.12. The number of rotatable bonds is 3. The average Bonchev–Trinajstić information content (AvgIpc) is 2.76. The minimum Gasteiger partial charge on any atom is -0.406 e. The van der Waals surface area contributed by atoms with Crippen LogP contribution in [-0.4, -0.2) is 9.55 Å². The maximum absolute atomic E-state index is 13.7. The molecule has 1 aromatic carbocycles. The molecule has 0 saturated carbocycles. The van der Waals surface area contributed by atoms with Crippen molar-refractivity contribution >= 4 is 11.2 Å². The highest BCUT2D eigenvalue weighted by Crippen LogP contribution is 2.18. The Morgan fingerprint density at radius 2 is 2.10 bits per heavy atom. The molecule has 3 aromatic rings. The number of benzene rings is 1. The summed E-state index contributed by atoms with van der Waals surface area (Å²) in [6.07, 6.45) is 1.56. The van der Waals surface area contributed by atoms with Gasteiger partial charge >= 0.3 is 5.76 Å². The number of hydrogen-bond donors (Lipinski definition) is 1. The van der Waals surface area contributed by atoms with E-state index < -0.39 is 17.6 Å². The van der Waals surface area contributed by atoms with Crippen molar-refractivity contribution in [1.82, 2.24) is 9.55 Å². The van der Waals surface area contributed by atoms with Crippen LogP contribution in [0.25, 0.3) is 11.2 Å². The van der Waals surface area contributed by atoms with Crippen LogP contribution in [0.1, 0.15) is 11.6 Å². The Morgan fingerprint density at radius 3 is 2.90 bits per heavy atom. The summed E-state index contributed by atoms with van der Waals surface area (Å²) in [5.74, 6) is -0.945. The second kappa shape index (κ2) is 4.90. The molecule has 2 heterocycles. The molecule has 0 radical (unpaired) electrons. The van der Waals surface area contributed by atoms with Gasteiger partial charge in [-0.15, -0.1) is 0 Å². The van der Waals surface area contributed by atoms with E-state index in [-0.39, 0.29) is 6.54 Å². The van der Waals surface area contributed by atoms with Crippen LogP contribution in [0.5, 0.6) is 0 Å². The first-order chi connectivity index (χ1) is 9.66. The lowest BCUT2D eigenvalue weighted by atomic mass is 10.1. The van der Waals surface area contributed by atoms with Gasteiger partial charge in [0.1, 0.15) is 5.82 Å². The van der Waals surface area contributed by atoms with E-state index in [1.54, 1.807) is 36.5 Å². The highest BCUT2D eigenvalue weighted by atomic mass is 19.1. The van der Waals surface area contributed by atoms with Gasteiger partial charge in [0.15, 0.2) is 11.2 Å². The van der Waals surface area contributed by atoms with Gasteiger partial charge in [-0.3, -0.25) is 4.57 Å². The fourth-order valence-corrected chi connectivity index (χ4v) is 2.13. The molecule has 0 fully saturated rings. The summed E-state index contributed by atoms with van der Waals surface area (Å²) in [6.45, 7) is 0.101. The van der Waals surface area contributed by atoms with Crippen molar-refractivity contribution in [2.24, 2.45) is 5.73 Å². The van der Waals surface area contributed by atoms with Gasteiger partial charge < -0.3 is 10.2 Å². The lowest BCUT2D eigenvalue weighted by Gasteiger charge is -2.12. The molecule has 0 bridgehead atoms. The van der Waals surface area contributed by atoms with Crippen LogP contribution in [0.2, 0.25) is 0 Å². The Kier molecular flexibility index (Phi) is 3.08. The summed E-state index contributed by atoms with van der Waals surface area (Å²) < 4.78 is 20.1. The summed E-state index contributed by atoms with van der Waals surface area (Å²) in [7, 11) is 0. The van der Waals surface area contributed by atoms with Crippen LogP contribution in [0.3, 0.4) is 0 Å². The number of halogens is 1. The third kappa shape index (κ3) is 2.10. The molecule has 0 amide bonds. The second-order valence-corrected chi connectivity index (χ2v) is 4.43. The lowest BCUT2D eigenvalue weighted by molar-refractivity contribution is 0.471. The highest BCUT2D eigenvalue weighted by Gasteiger charge is 2.16. The number of hydrogen-bond acceptors (Lipinski definition) is 4. The smallest absolute Gasteiger partial charge is 0.406 e. The zero-order valence-corrected chi connectivity index (χ0v) is 10.5. The Morgan fingerprint density at radius 1 is 1.30 bits per heavy atom. The van der Waals surface area contributed by atoms with Crippen molar-refractivity contribution in [1.29, 1.82) is 0 Å². The molecule has 2 N–H and O–H groups in total. The number of aromatic nitrogens is 2. The molecule has 1 unspecified atom stereocenters. The molecule has 0 aliphatic heterocycles. The summed E-state index contributed by atoms with van der Waals surface area (Å²) in [6, 6.07) is 8.89. The first kappa shape index (κ1) is 12.6. The summed E-state index contributed by atoms with van der Waals surface area (Å²) >= 11 is 0. The third-order valence-corrected chi connectivity index (χ3v) is 3.11. The van der Waals surface area contributed by atoms with Gasteiger partial charge in [-0.05, 0) is 18.2 Å². The molecule has 3 rings (SSSR count). The molecule has 20 heavy (non-hydrogen) atoms. The maximum atomic E-state index is 13.7. The number of pyridine rings is 1. The van der Waals surface area contributed by atoms with Crippen LogP contribution >= 0.6 is 0 Å². The van der Waals surface area contributed by atoms with Gasteiger partial charge in [0.25, 0.3) is 0 Å². The monoisotopic (exact) mass is 273 g/mol. The molecule has 6 heteroatoms. The molecular weight excluding hydrogens is 261 g/mol. The number of fused-ring (bicyclic) bond motifs is 1. The molecule has 0 spiro atoms. The molecule has 0 aliphatic rings. The molecular formula is C14H12FN3O2. The van der Waals surface area contributed by atoms with E-state index in [2.05, 4.69) is 4.98 Å². The Balaban J connectivity index is 2.00. The largest absolute Gasteiger partial charge is 0.421 e. The summed E-state index contributed by atoms with van der Waals surface area (Å²) in [5, 5.41) is 0. The van der Waals surface area contributed by atoms with Gasteiger partial charge in [-0.25, -0.2) is 14.2 Å². The van der Waals surface area contributed by atoms with Crippen LogP contribution in [0.15, 0.2) is 51.8 Å². The minimum absolute atomic E-state index is 0.101. The number of nitrogens with zero attached hydrogens (tertiary/aromatic N) is 2. The fourth-order valence-electron chi connectivity index (χ4n) is 2.13. The molecule has 102 valence electrons. The standard InChI is InChI=1S/C14H12FN3O2/c15-10-5-2-1-4-9(10)11(16)8-18-13-12(20-14(18)19)6-3-7-17-13/h1-7,11H,8,16H2. The van der Waals surface area contributed by atoms with Crippen molar-refractivity contribution < 1.29 is 8.81 Å². The van der Waals surface area contributed by atoms with Crippen LogP contribution < -0.4 is 11.5 Å². The van der Waals surface area contributed by atoms with Gasteiger partial charge in [0, 0.05) is 11.8 Å². The fraction of sp³-hybridized carbons (Fsp3) is 0.143. The zero-order chi connectivity index (χ0) is 14.1. The quantitative estimate of drug-likeness (QED) is 0.790. The van der Waals surface area contributed by atoms with Crippen molar-refractivity contribution in [2.45, 2.75) is 12.6 Å². The maximum Gasteiger partial charge on any atom is 0.421 e. The lowest BCUT2D eigenvalue weighted by Crippen LogP contribution is -2.24. The number of oxazole rings is 1. The normalized spacial score (nSPS) is 12.7. The molecule has 0 saturated heterocycles. The van der Waals surface area contributed by atoms with E-state index in [1.165, 1.54) is 10.6 Å². The van der Waals surface area contributed by atoms with E-state index in [0.29, 0.717) is 16.8 Å². The Labute approximate surface area is 113 Å². The molecule has 0 aliphatic carbocycles. The average molecular weight is 273 g/mol. The van der Waals surface area contributed by atoms with Crippen LogP contribution in [-0.2, 0) is 6.54 Å². The third-order valence-electron chi connectivity index (χ3n) is 3.11. The van der Waals surface area contributed by atoms with Crippen molar-refractivity contribution in [3.63, 3.8) is 0 Å². The first-order valence-corrected chi connectivity index (χ1v) is 6.11. The van der Waals surface area contributed by atoms with E-state index in [1.807, 2.05) is 0 Å². The van der Waals surface area contributed by atoms with E-state index in [0.717, 1.165) is 0 Å². The number of nitrogens with two attached hydrogens (primary N) is 1. The van der Waals surface area contributed by atoms with Crippen LogP contribution in [0, 0.1) is 5.82 Å². The van der Waals surface area contributed by atoms with Gasteiger partial charge in [-0.2, -0.15) is 0 Å². The van der Waals surface area contributed by atoms with E-state index >= 15 is 0 Å². The van der Waals surface area contributed by atoms with Crippen molar-refractivity contribution in [2.75, 3.05) is 0 Å². The minimum atomic E-state index is -0.656. The summed E-state index contributed by atoms with van der Waals surface area (Å²) in [4.78, 5) is 15.9. The van der Waals surface area contributed by atoms with E-state index in [9.17, 15) is 9.18 Å². The SMILES string of the molecule is NC(Cn1c(=O)oc2cccnc21)c1ccccc1F. The molecule has 2 aromatic heterocycles. The van der Waals surface area contributed by atoms with Gasteiger partial charge in [0.2, 0.25) is 0 Å². The Bertz CT molecular complexity index is 809. The van der Waals surface area contributed by atoms with Gasteiger partial charge in [-0.1, -0.05) is 18.2 Å². The molecule has 1 atom stereocenters. The topological polar surface area (TPSA) is 74.0 Å². The Hall–Kier alpha value is -2.47. The first-order valence-electron chi connectivity index (χ1n) is 6.11. The van der Waals surface area contributed by atoms with E-state index in [4.69, 9.17) is 10.2 Å². The van der Waals surface area contributed by atoms with Gasteiger partial charge in [0.05, 0.1) is 12.6 Å². The van der Waals surface area contributed by atoms with Crippen molar-refractivity contribution in [3.8, 4) is 0 Å². The predicted octanol–water partition coefficient (Wildman–Crippen LogP) is 1.83. The predicted molar refractivity (Wildman–Crippen MR) is 71.6 cm³/mol. The van der Waals surface area contributed by atoms with Crippen LogP contribution in [0.4, 0.5) is 4.39 Å². The zero-order valence-electron chi connectivity index (χ0n) is 10.5. The highest BCUT2D eigenvalue weighted by molar-refractivity contribution is 5.67.